The second-order valence-electron chi connectivity index (χ2n) is 13.1. The first-order valence-corrected chi connectivity index (χ1v) is 14.7. The highest BCUT2D eigenvalue weighted by atomic mass is 16.6. The molecule has 11 heteroatoms. The molecule has 41 heavy (non-hydrogen) atoms. The van der Waals surface area contributed by atoms with Gasteiger partial charge in [0.05, 0.1) is 17.4 Å². The van der Waals surface area contributed by atoms with Crippen molar-refractivity contribution in [2.45, 2.75) is 102 Å². The number of ether oxygens (including phenoxy) is 1. The molecule has 4 atom stereocenters. The second-order valence-corrected chi connectivity index (χ2v) is 13.1. The number of nitrogens with one attached hydrogen (secondary N) is 1. The second kappa shape index (κ2) is 10.6. The first-order valence-electron chi connectivity index (χ1n) is 14.7. The Balaban J connectivity index is 1.06. The van der Waals surface area contributed by atoms with Crippen molar-refractivity contribution in [2.24, 2.45) is 5.92 Å². The fourth-order valence-corrected chi connectivity index (χ4v) is 6.35. The van der Waals surface area contributed by atoms with E-state index in [-0.39, 0.29) is 17.3 Å². The minimum absolute atomic E-state index is 0.110. The molecule has 0 bridgehead atoms. The van der Waals surface area contributed by atoms with Crippen LogP contribution in [0.1, 0.15) is 71.5 Å². The van der Waals surface area contributed by atoms with Crippen LogP contribution in [0.3, 0.4) is 0 Å². The maximum atomic E-state index is 10.9. The number of H-pyrrole nitrogens is 1. The number of nitrogen functional groups attached to an aromatic ring is 1. The van der Waals surface area contributed by atoms with Crippen molar-refractivity contribution in [3.63, 3.8) is 0 Å². The lowest BCUT2D eigenvalue weighted by Crippen LogP contribution is -2.52. The molecule has 2 fully saturated rings. The summed E-state index contributed by atoms with van der Waals surface area (Å²) in [6, 6.07) is 7.22. The van der Waals surface area contributed by atoms with Gasteiger partial charge in [-0.25, -0.2) is 19.9 Å². The molecule has 1 aliphatic heterocycles. The number of imidazole rings is 2. The van der Waals surface area contributed by atoms with E-state index in [1.807, 2.05) is 0 Å². The number of anilines is 1. The summed E-state index contributed by atoms with van der Waals surface area (Å²) in [4.78, 5) is 23.3. The van der Waals surface area contributed by atoms with Crippen LogP contribution >= 0.6 is 0 Å². The third kappa shape index (κ3) is 5.31. The van der Waals surface area contributed by atoms with E-state index in [2.05, 4.69) is 77.7 Å². The Kier molecular flexibility index (Phi) is 7.25. The fraction of sp³-hybridized carbons (Fsp3) is 0.600. The Morgan fingerprint density at radius 2 is 1.93 bits per heavy atom. The summed E-state index contributed by atoms with van der Waals surface area (Å²) in [5, 5.41) is 21.8. The van der Waals surface area contributed by atoms with Crippen molar-refractivity contribution in [3.8, 4) is 0 Å². The number of aryl methyl sites for hydroxylation is 1. The number of fused-ring (bicyclic) bond motifs is 2. The van der Waals surface area contributed by atoms with E-state index in [9.17, 15) is 10.2 Å². The number of aliphatic hydroxyl groups excluding tert-OH is 2. The van der Waals surface area contributed by atoms with E-state index in [1.54, 1.807) is 4.57 Å². The Morgan fingerprint density at radius 3 is 2.66 bits per heavy atom. The fourth-order valence-electron chi connectivity index (χ4n) is 6.35. The number of aliphatic hydroxyl groups is 2. The van der Waals surface area contributed by atoms with Gasteiger partial charge < -0.3 is 25.7 Å². The minimum atomic E-state index is -1.11. The molecule has 6 rings (SSSR count). The molecular formula is C30H42N8O3. The molecule has 1 aromatic carbocycles. The van der Waals surface area contributed by atoms with Gasteiger partial charge in [-0.15, -0.1) is 0 Å². The lowest BCUT2D eigenvalue weighted by Gasteiger charge is -2.46. The highest BCUT2D eigenvalue weighted by Gasteiger charge is 2.46. The maximum absolute atomic E-state index is 10.9. The summed E-state index contributed by atoms with van der Waals surface area (Å²) < 4.78 is 7.86. The molecule has 4 aromatic rings. The standard InChI is InChI=1S/C30H42N8O3/c1-16(2)37(13-22-25(39)26(40)29(41-22)38-15-34-24-27(31)32-14-33-28(24)38)19-10-17(11-19)6-9-23-35-20-8-7-18(30(3,4)5)12-21(20)36-23/h7-8,12,14-17,19,22,25-26,29,39-40H,6,9-11,13H2,1-5H3,(H,35,36)(H2,31,32,33)/t17?,19?,22?,25-,26?,29?/m1/s1. The molecule has 5 N–H and O–H groups in total. The zero-order valence-corrected chi connectivity index (χ0v) is 24.5. The van der Waals surface area contributed by atoms with Crippen molar-refractivity contribution < 1.29 is 14.9 Å². The van der Waals surface area contributed by atoms with Gasteiger partial charge in [0.25, 0.3) is 0 Å². The molecule has 1 saturated heterocycles. The van der Waals surface area contributed by atoms with Crippen molar-refractivity contribution >= 4 is 28.0 Å². The van der Waals surface area contributed by atoms with E-state index in [0.29, 0.717) is 29.7 Å². The highest BCUT2D eigenvalue weighted by molar-refractivity contribution is 5.81. The van der Waals surface area contributed by atoms with Crippen LogP contribution in [0.15, 0.2) is 30.9 Å². The van der Waals surface area contributed by atoms with Gasteiger partial charge in [-0.2, -0.15) is 0 Å². The smallest absolute Gasteiger partial charge is 0.167 e. The first kappa shape index (κ1) is 28.0. The van der Waals surface area contributed by atoms with Crippen molar-refractivity contribution in [3.05, 3.63) is 42.2 Å². The van der Waals surface area contributed by atoms with Crippen LogP contribution in [0, 0.1) is 5.92 Å². The molecule has 1 saturated carbocycles. The molecule has 0 radical (unpaired) electrons. The van der Waals surface area contributed by atoms with E-state index < -0.39 is 24.5 Å². The molecule has 4 heterocycles. The molecule has 0 spiro atoms. The third-order valence-electron chi connectivity index (χ3n) is 8.92. The highest BCUT2D eigenvalue weighted by Crippen LogP contribution is 2.38. The maximum Gasteiger partial charge on any atom is 0.167 e. The number of aromatic nitrogens is 6. The van der Waals surface area contributed by atoms with Crippen LogP contribution in [0.25, 0.3) is 22.2 Å². The number of benzene rings is 1. The van der Waals surface area contributed by atoms with Crippen LogP contribution in [-0.4, -0.2) is 81.5 Å². The summed E-state index contributed by atoms with van der Waals surface area (Å²) in [5.41, 5.74) is 10.4. The molecule has 220 valence electrons. The van der Waals surface area contributed by atoms with Crippen molar-refractivity contribution in [1.82, 2.24) is 34.4 Å². The van der Waals surface area contributed by atoms with E-state index in [0.717, 1.165) is 42.5 Å². The van der Waals surface area contributed by atoms with Gasteiger partial charge in [0.15, 0.2) is 17.7 Å². The van der Waals surface area contributed by atoms with Crippen molar-refractivity contribution in [2.75, 3.05) is 12.3 Å². The molecule has 3 aromatic heterocycles. The largest absolute Gasteiger partial charge is 0.387 e. The summed E-state index contributed by atoms with van der Waals surface area (Å²) >= 11 is 0. The topological polar surface area (TPSA) is 151 Å². The van der Waals surface area contributed by atoms with Crippen LogP contribution < -0.4 is 5.73 Å². The zero-order chi connectivity index (χ0) is 29.1. The molecule has 1 aliphatic carbocycles. The van der Waals surface area contributed by atoms with Gasteiger partial charge in [-0.05, 0) is 62.1 Å². The molecule has 0 amide bonds. The van der Waals surface area contributed by atoms with Gasteiger partial charge >= 0.3 is 0 Å². The van der Waals surface area contributed by atoms with Crippen LogP contribution in [0.5, 0.6) is 0 Å². The third-order valence-corrected chi connectivity index (χ3v) is 8.92. The number of nitrogens with zero attached hydrogens (tertiary/aromatic N) is 6. The van der Waals surface area contributed by atoms with Gasteiger partial charge in [-0.1, -0.05) is 26.8 Å². The normalized spacial score (nSPS) is 27.0. The quantitative estimate of drug-likeness (QED) is 0.253. The zero-order valence-electron chi connectivity index (χ0n) is 24.5. The predicted molar refractivity (Wildman–Crippen MR) is 157 cm³/mol. The number of hydrogen-bond acceptors (Lipinski definition) is 9. The lowest BCUT2D eigenvalue weighted by atomic mass is 9.76. The van der Waals surface area contributed by atoms with E-state index in [1.165, 1.54) is 18.2 Å². The van der Waals surface area contributed by atoms with Crippen molar-refractivity contribution in [1.29, 1.82) is 0 Å². The molecule has 2 aliphatic rings. The molecule has 3 unspecified atom stereocenters. The van der Waals surface area contributed by atoms with Crippen LogP contribution in [0.2, 0.25) is 0 Å². The summed E-state index contributed by atoms with van der Waals surface area (Å²) in [6.07, 6.45) is 3.63. The van der Waals surface area contributed by atoms with E-state index in [4.69, 9.17) is 15.5 Å². The Morgan fingerprint density at radius 1 is 1.15 bits per heavy atom. The molecule has 11 nitrogen and oxygen atoms in total. The van der Waals surface area contributed by atoms with Gasteiger partial charge in [0.1, 0.15) is 36.0 Å². The van der Waals surface area contributed by atoms with Gasteiger partial charge in [-0.3, -0.25) is 9.47 Å². The van der Waals surface area contributed by atoms with Crippen LogP contribution in [-0.2, 0) is 16.6 Å². The predicted octanol–water partition coefficient (Wildman–Crippen LogP) is 3.32. The summed E-state index contributed by atoms with van der Waals surface area (Å²) in [7, 11) is 0. The summed E-state index contributed by atoms with van der Waals surface area (Å²) in [5.74, 6) is 1.95. The number of aromatic amines is 1. The Hall–Kier alpha value is -3.12. The Bertz CT molecular complexity index is 1520. The minimum Gasteiger partial charge on any atom is -0.387 e. The SMILES string of the molecule is CC(C)N(CC1OC(n2cnc3c(N)ncnc32)C(O)[C@@H]1O)C1CC(CCc2nc3ccc(C(C)(C)C)cc3[nH]2)C1. The first-order chi connectivity index (χ1) is 19.5. The molecular weight excluding hydrogens is 520 g/mol. The lowest BCUT2D eigenvalue weighted by molar-refractivity contribution is -0.0620. The van der Waals surface area contributed by atoms with Gasteiger partial charge in [0.2, 0.25) is 0 Å². The summed E-state index contributed by atoms with van der Waals surface area (Å²) in [6.45, 7) is 11.6. The number of rotatable bonds is 8. The average molecular weight is 563 g/mol. The number of nitrogens with two attached hydrogens (primary N) is 1. The number of hydrogen-bond donors (Lipinski definition) is 4. The van der Waals surface area contributed by atoms with Gasteiger partial charge in [0, 0.05) is 25.0 Å². The monoisotopic (exact) mass is 562 g/mol. The van der Waals surface area contributed by atoms with Crippen LogP contribution in [0.4, 0.5) is 5.82 Å². The average Bonchev–Trinajstić information content (AvgIpc) is 3.58. The van der Waals surface area contributed by atoms with E-state index >= 15 is 0 Å². The Labute approximate surface area is 240 Å².